The summed E-state index contributed by atoms with van der Waals surface area (Å²) >= 11 is 0. The molecule has 1 atom stereocenters. The average molecular weight is 247 g/mol. The van der Waals surface area contributed by atoms with Gasteiger partial charge in [0, 0.05) is 18.7 Å². The molecule has 1 N–H and O–H groups in total. The molecule has 0 radical (unpaired) electrons. The first-order chi connectivity index (χ1) is 7.46. The summed E-state index contributed by atoms with van der Waals surface area (Å²) in [5.41, 5.74) is 0.334. The molecule has 1 fully saturated rings. The van der Waals surface area contributed by atoms with Crippen LogP contribution in [0.5, 0.6) is 0 Å². The van der Waals surface area contributed by atoms with Gasteiger partial charge in [-0.1, -0.05) is 0 Å². The van der Waals surface area contributed by atoms with Gasteiger partial charge >= 0.3 is 0 Å². The molecule has 0 spiro atoms. The highest BCUT2D eigenvalue weighted by atomic mass is 32.2. The normalized spacial score (nSPS) is 24.2. The van der Waals surface area contributed by atoms with Crippen LogP contribution < -0.4 is 5.32 Å². The topological polar surface area (TPSA) is 46.2 Å². The van der Waals surface area contributed by atoms with Gasteiger partial charge in [-0.3, -0.25) is 0 Å². The van der Waals surface area contributed by atoms with Gasteiger partial charge in [0.05, 0.1) is 11.5 Å². The zero-order chi connectivity index (χ0) is 11.8. The molecule has 3 nitrogen and oxygen atoms in total. The summed E-state index contributed by atoms with van der Waals surface area (Å²) in [4.78, 5) is 0. The highest BCUT2D eigenvalue weighted by Gasteiger charge is 2.25. The molecule has 1 heterocycles. The number of nitrogens with one attached hydrogen (secondary N) is 1. The SMILES string of the molecule is O=S1(=O)CCNC(c2cc(F)cc(F)c2)C1. The lowest BCUT2D eigenvalue weighted by atomic mass is 10.1. The van der Waals surface area contributed by atoms with E-state index in [9.17, 15) is 17.2 Å². The third-order valence-corrected chi connectivity index (χ3v) is 4.18. The molecule has 88 valence electrons. The van der Waals surface area contributed by atoms with Crippen LogP contribution in [0.4, 0.5) is 8.78 Å². The molecule has 1 aromatic rings. The van der Waals surface area contributed by atoms with Gasteiger partial charge in [-0.15, -0.1) is 0 Å². The van der Waals surface area contributed by atoms with Gasteiger partial charge in [0.25, 0.3) is 0 Å². The molecule has 0 saturated carbocycles. The van der Waals surface area contributed by atoms with Crippen LogP contribution in [0.2, 0.25) is 0 Å². The minimum absolute atomic E-state index is 0.0707. The van der Waals surface area contributed by atoms with Crippen LogP contribution in [-0.4, -0.2) is 26.5 Å². The fourth-order valence-corrected chi connectivity index (χ4v) is 3.19. The third kappa shape index (κ3) is 2.56. The van der Waals surface area contributed by atoms with Crippen molar-refractivity contribution in [2.45, 2.75) is 6.04 Å². The van der Waals surface area contributed by atoms with Crippen LogP contribution in [0.1, 0.15) is 11.6 Å². The van der Waals surface area contributed by atoms with E-state index in [-0.39, 0.29) is 11.5 Å². The van der Waals surface area contributed by atoms with Gasteiger partial charge in [-0.05, 0) is 17.7 Å². The second kappa shape index (κ2) is 4.10. The monoisotopic (exact) mass is 247 g/mol. The van der Waals surface area contributed by atoms with Crippen molar-refractivity contribution in [3.63, 3.8) is 0 Å². The van der Waals surface area contributed by atoms with E-state index in [0.717, 1.165) is 18.2 Å². The van der Waals surface area contributed by atoms with Gasteiger partial charge in [-0.25, -0.2) is 17.2 Å². The molecule has 1 aliphatic rings. The second-order valence-corrected chi connectivity index (χ2v) is 6.05. The number of hydrogen-bond donors (Lipinski definition) is 1. The summed E-state index contributed by atoms with van der Waals surface area (Å²) in [5.74, 6) is -1.43. The summed E-state index contributed by atoms with van der Waals surface area (Å²) in [6.45, 7) is 0.311. The number of halogens is 2. The lowest BCUT2D eigenvalue weighted by molar-refractivity contribution is 0.521. The van der Waals surface area contributed by atoms with Crippen LogP contribution in [0, 0.1) is 11.6 Å². The first kappa shape index (κ1) is 11.5. The Labute approximate surface area is 92.4 Å². The van der Waals surface area contributed by atoms with Crippen molar-refractivity contribution in [2.75, 3.05) is 18.1 Å². The summed E-state index contributed by atoms with van der Waals surface area (Å²) in [6, 6.07) is 2.55. The van der Waals surface area contributed by atoms with E-state index in [1.807, 2.05) is 0 Å². The maximum absolute atomic E-state index is 13.0. The molecule has 16 heavy (non-hydrogen) atoms. The van der Waals surface area contributed by atoms with Crippen molar-refractivity contribution < 1.29 is 17.2 Å². The molecule has 0 aromatic heterocycles. The zero-order valence-electron chi connectivity index (χ0n) is 8.41. The van der Waals surface area contributed by atoms with E-state index in [4.69, 9.17) is 0 Å². The largest absolute Gasteiger partial charge is 0.308 e. The molecule has 1 aliphatic heterocycles. The van der Waals surface area contributed by atoms with E-state index < -0.39 is 27.5 Å². The van der Waals surface area contributed by atoms with Gasteiger partial charge in [0.15, 0.2) is 9.84 Å². The van der Waals surface area contributed by atoms with Crippen LogP contribution in [-0.2, 0) is 9.84 Å². The molecule has 0 aliphatic carbocycles. The lowest BCUT2D eigenvalue weighted by Gasteiger charge is -2.24. The fraction of sp³-hybridized carbons (Fsp3) is 0.400. The maximum atomic E-state index is 13.0. The van der Waals surface area contributed by atoms with Crippen molar-refractivity contribution in [3.05, 3.63) is 35.4 Å². The van der Waals surface area contributed by atoms with Crippen molar-refractivity contribution in [1.82, 2.24) is 5.32 Å². The number of rotatable bonds is 1. The predicted molar refractivity (Wildman–Crippen MR) is 55.8 cm³/mol. The number of sulfone groups is 1. The minimum atomic E-state index is -3.11. The first-order valence-electron chi connectivity index (χ1n) is 4.86. The zero-order valence-corrected chi connectivity index (χ0v) is 9.23. The summed E-state index contributed by atoms with van der Waals surface area (Å²) < 4.78 is 48.7. The highest BCUT2D eigenvalue weighted by molar-refractivity contribution is 7.91. The standard InChI is InChI=1S/C10H11F2NO2S/c11-8-3-7(4-9(12)5-8)10-6-16(14,15)2-1-13-10/h3-5,10,13H,1-2,6H2. The Morgan fingerprint density at radius 2 is 1.81 bits per heavy atom. The quantitative estimate of drug-likeness (QED) is 0.806. The maximum Gasteiger partial charge on any atom is 0.153 e. The molecule has 0 amide bonds. The van der Waals surface area contributed by atoms with Crippen LogP contribution in [0.3, 0.4) is 0 Å². The smallest absolute Gasteiger partial charge is 0.153 e. The molecule has 2 rings (SSSR count). The Morgan fingerprint density at radius 1 is 1.19 bits per heavy atom. The Balaban J connectivity index is 2.30. The van der Waals surface area contributed by atoms with E-state index in [1.165, 1.54) is 0 Å². The van der Waals surface area contributed by atoms with Gasteiger partial charge in [0.1, 0.15) is 11.6 Å². The van der Waals surface area contributed by atoms with Gasteiger partial charge in [-0.2, -0.15) is 0 Å². The van der Waals surface area contributed by atoms with Gasteiger partial charge in [0.2, 0.25) is 0 Å². The molecule has 6 heteroatoms. The van der Waals surface area contributed by atoms with Gasteiger partial charge < -0.3 is 5.32 Å². The Bertz CT molecular complexity index is 481. The average Bonchev–Trinajstić information content (AvgIpc) is 2.14. The van der Waals surface area contributed by atoms with Crippen molar-refractivity contribution in [2.24, 2.45) is 0 Å². The Morgan fingerprint density at radius 3 is 2.38 bits per heavy atom. The minimum Gasteiger partial charge on any atom is -0.308 e. The molecule has 1 unspecified atom stereocenters. The summed E-state index contributed by atoms with van der Waals surface area (Å²) in [7, 11) is -3.11. The van der Waals surface area contributed by atoms with Crippen LogP contribution in [0.15, 0.2) is 18.2 Å². The molecule has 1 aromatic carbocycles. The van der Waals surface area contributed by atoms with E-state index >= 15 is 0 Å². The molecular weight excluding hydrogens is 236 g/mol. The molecule has 1 saturated heterocycles. The highest BCUT2D eigenvalue weighted by Crippen LogP contribution is 2.20. The van der Waals surface area contributed by atoms with E-state index in [0.29, 0.717) is 12.1 Å². The Kier molecular flexibility index (Phi) is 2.94. The van der Waals surface area contributed by atoms with E-state index in [1.54, 1.807) is 0 Å². The fourth-order valence-electron chi connectivity index (χ4n) is 1.78. The summed E-state index contributed by atoms with van der Waals surface area (Å²) in [6.07, 6.45) is 0. The predicted octanol–water partition coefficient (Wildman–Crippen LogP) is 1.02. The van der Waals surface area contributed by atoms with Crippen molar-refractivity contribution in [3.8, 4) is 0 Å². The van der Waals surface area contributed by atoms with Crippen LogP contribution >= 0.6 is 0 Å². The Hall–Kier alpha value is -1.01. The lowest BCUT2D eigenvalue weighted by Crippen LogP contribution is -2.39. The van der Waals surface area contributed by atoms with E-state index in [2.05, 4.69) is 5.32 Å². The number of hydrogen-bond acceptors (Lipinski definition) is 3. The third-order valence-electron chi connectivity index (χ3n) is 2.51. The number of benzene rings is 1. The van der Waals surface area contributed by atoms with Crippen molar-refractivity contribution in [1.29, 1.82) is 0 Å². The molecular formula is C10H11F2NO2S. The van der Waals surface area contributed by atoms with Crippen LogP contribution in [0.25, 0.3) is 0 Å². The summed E-state index contributed by atoms with van der Waals surface area (Å²) in [5, 5.41) is 2.93. The second-order valence-electron chi connectivity index (χ2n) is 3.82. The molecule has 0 bridgehead atoms. The first-order valence-corrected chi connectivity index (χ1v) is 6.68. The van der Waals surface area contributed by atoms with Crippen molar-refractivity contribution >= 4 is 9.84 Å².